The van der Waals surface area contributed by atoms with E-state index in [1.807, 2.05) is 0 Å². The second-order valence-corrected chi connectivity index (χ2v) is 8.05. The van der Waals surface area contributed by atoms with E-state index in [9.17, 15) is 13.2 Å². The van der Waals surface area contributed by atoms with Crippen LogP contribution in [-0.4, -0.2) is 32.4 Å². The lowest BCUT2D eigenvalue weighted by Crippen LogP contribution is -2.37. The predicted octanol–water partition coefficient (Wildman–Crippen LogP) is 1.65. The lowest BCUT2D eigenvalue weighted by molar-refractivity contribution is -0.117. The molecule has 0 saturated carbocycles. The third-order valence-corrected chi connectivity index (χ3v) is 4.29. The molecule has 1 unspecified atom stereocenters. The molecule has 0 aliphatic rings. The standard InChI is InChI=1S/C11H14ClIN2O3S/c1-19(17,18)5-4-9(14)11(16)15-10-3-2-7(13)6-8(10)12/h2-3,6,9H,4-5,14H2,1H3,(H,15,16). The fourth-order valence-corrected chi connectivity index (χ4v) is 2.87. The van der Waals surface area contributed by atoms with Gasteiger partial charge in [-0.25, -0.2) is 8.42 Å². The zero-order valence-corrected chi connectivity index (χ0v) is 13.9. The van der Waals surface area contributed by atoms with Crippen LogP contribution in [0.1, 0.15) is 6.42 Å². The van der Waals surface area contributed by atoms with E-state index in [0.29, 0.717) is 10.7 Å². The van der Waals surface area contributed by atoms with Gasteiger partial charge in [0.05, 0.1) is 22.5 Å². The minimum atomic E-state index is -3.13. The molecule has 0 aliphatic carbocycles. The fraction of sp³-hybridized carbons (Fsp3) is 0.364. The summed E-state index contributed by atoms with van der Waals surface area (Å²) in [4.78, 5) is 11.8. The number of nitrogens with one attached hydrogen (secondary N) is 1. The Morgan fingerprint density at radius 3 is 2.68 bits per heavy atom. The van der Waals surface area contributed by atoms with E-state index >= 15 is 0 Å². The molecule has 0 fully saturated rings. The summed E-state index contributed by atoms with van der Waals surface area (Å²) in [5, 5.41) is 2.99. The first-order chi connectivity index (χ1) is 8.69. The van der Waals surface area contributed by atoms with Gasteiger partial charge in [-0.3, -0.25) is 4.79 Å². The molecule has 0 aliphatic heterocycles. The number of hydrogen-bond acceptors (Lipinski definition) is 4. The first-order valence-electron chi connectivity index (χ1n) is 5.38. The number of rotatable bonds is 5. The van der Waals surface area contributed by atoms with E-state index < -0.39 is 21.8 Å². The van der Waals surface area contributed by atoms with Crippen LogP contribution >= 0.6 is 34.2 Å². The largest absolute Gasteiger partial charge is 0.323 e. The third kappa shape index (κ3) is 6.07. The number of halogens is 2. The van der Waals surface area contributed by atoms with E-state index in [1.165, 1.54) is 0 Å². The van der Waals surface area contributed by atoms with Crippen LogP contribution in [0.5, 0.6) is 0 Å². The SMILES string of the molecule is CS(=O)(=O)CCC(N)C(=O)Nc1ccc(I)cc1Cl. The van der Waals surface area contributed by atoms with Gasteiger partial charge in [0.2, 0.25) is 5.91 Å². The average molecular weight is 417 g/mol. The lowest BCUT2D eigenvalue weighted by atomic mass is 10.2. The normalized spacial score (nSPS) is 13.1. The van der Waals surface area contributed by atoms with E-state index in [2.05, 4.69) is 27.9 Å². The maximum atomic E-state index is 11.8. The van der Waals surface area contributed by atoms with Gasteiger partial charge in [-0.05, 0) is 47.2 Å². The van der Waals surface area contributed by atoms with Crippen molar-refractivity contribution in [2.45, 2.75) is 12.5 Å². The Hall–Kier alpha value is -0.380. The topological polar surface area (TPSA) is 89.3 Å². The van der Waals surface area contributed by atoms with Crippen LogP contribution in [0.15, 0.2) is 18.2 Å². The summed E-state index contributed by atoms with van der Waals surface area (Å²) in [5.74, 6) is -0.575. The Morgan fingerprint density at radius 2 is 2.16 bits per heavy atom. The number of sulfone groups is 1. The Balaban J connectivity index is 2.64. The first-order valence-corrected chi connectivity index (χ1v) is 8.90. The zero-order chi connectivity index (χ0) is 14.6. The van der Waals surface area contributed by atoms with Crippen LogP contribution in [0.25, 0.3) is 0 Å². The molecule has 1 aromatic carbocycles. The van der Waals surface area contributed by atoms with Gasteiger partial charge < -0.3 is 11.1 Å². The molecule has 1 atom stereocenters. The number of hydrogen-bond donors (Lipinski definition) is 2. The summed E-state index contributed by atoms with van der Waals surface area (Å²) >= 11 is 8.07. The minimum Gasteiger partial charge on any atom is -0.323 e. The van der Waals surface area contributed by atoms with E-state index in [-0.39, 0.29) is 12.2 Å². The van der Waals surface area contributed by atoms with Gasteiger partial charge in [-0.15, -0.1) is 0 Å². The molecule has 0 aromatic heterocycles. The van der Waals surface area contributed by atoms with Crippen LogP contribution in [0.2, 0.25) is 5.02 Å². The highest BCUT2D eigenvalue weighted by Gasteiger charge is 2.17. The minimum absolute atomic E-state index is 0.0760. The highest BCUT2D eigenvalue weighted by Crippen LogP contribution is 2.23. The second kappa shape index (κ2) is 6.87. The van der Waals surface area contributed by atoms with Crippen molar-refractivity contribution in [2.24, 2.45) is 5.73 Å². The number of anilines is 1. The molecule has 0 spiro atoms. The maximum absolute atomic E-state index is 11.8. The predicted molar refractivity (Wildman–Crippen MR) is 85.1 cm³/mol. The second-order valence-electron chi connectivity index (χ2n) is 4.14. The lowest BCUT2D eigenvalue weighted by Gasteiger charge is -2.12. The van der Waals surface area contributed by atoms with E-state index in [0.717, 1.165) is 9.83 Å². The van der Waals surface area contributed by atoms with Crippen LogP contribution < -0.4 is 11.1 Å². The van der Waals surface area contributed by atoms with Crippen LogP contribution in [0.3, 0.4) is 0 Å². The molecule has 106 valence electrons. The smallest absolute Gasteiger partial charge is 0.241 e. The van der Waals surface area contributed by atoms with Gasteiger partial charge in [-0.1, -0.05) is 11.6 Å². The number of carbonyl (C=O) groups excluding carboxylic acids is 1. The molecule has 19 heavy (non-hydrogen) atoms. The molecule has 3 N–H and O–H groups in total. The number of nitrogens with two attached hydrogens (primary N) is 1. The van der Waals surface area contributed by atoms with E-state index in [4.69, 9.17) is 17.3 Å². The molecule has 0 radical (unpaired) electrons. The van der Waals surface area contributed by atoms with Crippen molar-refractivity contribution >= 4 is 55.6 Å². The van der Waals surface area contributed by atoms with Crippen molar-refractivity contribution in [3.8, 4) is 0 Å². The molecular formula is C11H14ClIN2O3S. The molecule has 0 saturated heterocycles. The Labute approximate surface area is 130 Å². The van der Waals surface area contributed by atoms with Gasteiger partial charge in [0, 0.05) is 9.83 Å². The van der Waals surface area contributed by atoms with Crippen LogP contribution in [0.4, 0.5) is 5.69 Å². The number of amides is 1. The molecule has 1 amide bonds. The summed E-state index contributed by atoms with van der Waals surface area (Å²) in [6.07, 6.45) is 1.18. The van der Waals surface area contributed by atoms with Crippen molar-refractivity contribution < 1.29 is 13.2 Å². The van der Waals surface area contributed by atoms with Gasteiger partial charge >= 0.3 is 0 Å². The summed E-state index contributed by atoms with van der Waals surface area (Å²) < 4.78 is 22.9. The van der Waals surface area contributed by atoms with Crippen LogP contribution in [0, 0.1) is 3.57 Å². The quantitative estimate of drug-likeness (QED) is 0.714. The summed E-state index contributed by atoms with van der Waals surface area (Å²) in [6.45, 7) is 0. The van der Waals surface area contributed by atoms with Crippen molar-refractivity contribution in [1.82, 2.24) is 0 Å². The molecular weight excluding hydrogens is 403 g/mol. The molecule has 8 heteroatoms. The van der Waals surface area contributed by atoms with Crippen LogP contribution in [-0.2, 0) is 14.6 Å². The highest BCUT2D eigenvalue weighted by atomic mass is 127. The van der Waals surface area contributed by atoms with Crippen molar-refractivity contribution in [1.29, 1.82) is 0 Å². The number of carbonyl (C=O) groups is 1. The monoisotopic (exact) mass is 416 g/mol. The maximum Gasteiger partial charge on any atom is 0.241 e. The van der Waals surface area contributed by atoms with Gasteiger partial charge in [0.15, 0.2) is 0 Å². The third-order valence-electron chi connectivity index (χ3n) is 2.33. The number of benzene rings is 1. The summed E-state index contributed by atoms with van der Waals surface area (Å²) in [7, 11) is -3.13. The molecule has 0 bridgehead atoms. The first kappa shape index (κ1) is 16.7. The molecule has 1 rings (SSSR count). The molecule has 0 heterocycles. The fourth-order valence-electron chi connectivity index (χ4n) is 1.29. The average Bonchev–Trinajstić information content (AvgIpc) is 2.28. The Bertz CT molecular complexity index is 577. The molecule has 1 aromatic rings. The Kier molecular flexibility index (Phi) is 6.03. The Morgan fingerprint density at radius 1 is 1.53 bits per heavy atom. The zero-order valence-electron chi connectivity index (χ0n) is 10.2. The van der Waals surface area contributed by atoms with Crippen molar-refractivity contribution in [2.75, 3.05) is 17.3 Å². The van der Waals surface area contributed by atoms with Gasteiger partial charge in [0.1, 0.15) is 9.84 Å². The van der Waals surface area contributed by atoms with Crippen molar-refractivity contribution in [3.63, 3.8) is 0 Å². The summed E-state index contributed by atoms with van der Waals surface area (Å²) in [5.41, 5.74) is 6.09. The van der Waals surface area contributed by atoms with Gasteiger partial charge in [0.25, 0.3) is 0 Å². The van der Waals surface area contributed by atoms with E-state index in [1.54, 1.807) is 18.2 Å². The van der Waals surface area contributed by atoms with Crippen molar-refractivity contribution in [3.05, 3.63) is 26.8 Å². The van der Waals surface area contributed by atoms with Gasteiger partial charge in [-0.2, -0.15) is 0 Å². The highest BCUT2D eigenvalue weighted by molar-refractivity contribution is 14.1. The summed E-state index contributed by atoms with van der Waals surface area (Å²) in [6, 6.07) is 4.29. The molecule has 5 nitrogen and oxygen atoms in total.